The van der Waals surface area contributed by atoms with Crippen LogP contribution in [0.5, 0.6) is 0 Å². The first-order valence-corrected chi connectivity index (χ1v) is 8.95. The number of carbonyl (C=O) groups excluding carboxylic acids is 1. The molecule has 1 N–H and O–H groups in total. The third kappa shape index (κ3) is 4.59. The van der Waals surface area contributed by atoms with Crippen molar-refractivity contribution in [3.05, 3.63) is 66.0 Å². The minimum Gasteiger partial charge on any atom is -0.375 e. The third-order valence-corrected chi connectivity index (χ3v) is 4.85. The molecule has 0 spiro atoms. The van der Waals surface area contributed by atoms with Gasteiger partial charge in [-0.1, -0.05) is 36.4 Å². The molecule has 0 radical (unpaired) electrons. The summed E-state index contributed by atoms with van der Waals surface area (Å²) in [4.78, 5) is 14.4. The molecule has 4 heteroatoms. The lowest BCUT2D eigenvalue weighted by Gasteiger charge is -2.19. The van der Waals surface area contributed by atoms with Crippen molar-refractivity contribution in [1.29, 1.82) is 0 Å². The van der Waals surface area contributed by atoms with Crippen molar-refractivity contribution in [2.24, 2.45) is 5.92 Å². The van der Waals surface area contributed by atoms with Crippen LogP contribution in [-0.4, -0.2) is 26.0 Å². The topological polar surface area (TPSA) is 32.3 Å². The van der Waals surface area contributed by atoms with E-state index in [4.69, 9.17) is 0 Å². The van der Waals surface area contributed by atoms with Gasteiger partial charge in [-0.25, -0.2) is 4.39 Å². The number of unbranched alkanes of at least 4 members (excludes halogenated alkanes) is 1. The fourth-order valence-electron chi connectivity index (χ4n) is 3.23. The lowest BCUT2D eigenvalue weighted by Crippen LogP contribution is -2.27. The fourth-order valence-corrected chi connectivity index (χ4v) is 3.23. The standard InChI is InChI=1S/C21H25FN2O/c1-24(16-9-3-2-4-10-16)14-8-7-13-23-21(25)19-15-18(19)17-11-5-6-12-20(17)22/h2-6,9-12,18-19H,7-8,13-15H2,1H3,(H,23,25). The SMILES string of the molecule is CN(CCCCNC(=O)C1CC1c1ccccc1F)c1ccccc1. The van der Waals surface area contributed by atoms with Gasteiger partial charge < -0.3 is 10.2 Å². The number of rotatable bonds is 8. The highest BCUT2D eigenvalue weighted by molar-refractivity contribution is 5.82. The molecular weight excluding hydrogens is 315 g/mol. The maximum Gasteiger partial charge on any atom is 0.223 e. The van der Waals surface area contributed by atoms with Gasteiger partial charge >= 0.3 is 0 Å². The fraction of sp³-hybridized carbons (Fsp3) is 0.381. The molecule has 1 fully saturated rings. The van der Waals surface area contributed by atoms with Crippen LogP contribution in [0.1, 0.15) is 30.7 Å². The molecule has 1 aliphatic rings. The Hall–Kier alpha value is -2.36. The van der Waals surface area contributed by atoms with E-state index in [0.29, 0.717) is 12.1 Å². The van der Waals surface area contributed by atoms with E-state index in [1.165, 1.54) is 11.8 Å². The quantitative estimate of drug-likeness (QED) is 0.738. The molecule has 0 bridgehead atoms. The Morgan fingerprint density at radius 1 is 1.12 bits per heavy atom. The van der Waals surface area contributed by atoms with E-state index in [9.17, 15) is 9.18 Å². The molecule has 1 aliphatic carbocycles. The zero-order valence-corrected chi connectivity index (χ0v) is 14.6. The van der Waals surface area contributed by atoms with Crippen LogP contribution >= 0.6 is 0 Å². The summed E-state index contributed by atoms with van der Waals surface area (Å²) < 4.78 is 13.7. The number of hydrogen-bond acceptors (Lipinski definition) is 2. The Morgan fingerprint density at radius 3 is 2.60 bits per heavy atom. The maximum absolute atomic E-state index is 13.7. The van der Waals surface area contributed by atoms with Crippen LogP contribution < -0.4 is 10.2 Å². The summed E-state index contributed by atoms with van der Waals surface area (Å²) in [7, 11) is 2.08. The van der Waals surface area contributed by atoms with Crippen LogP contribution in [0.25, 0.3) is 0 Å². The lowest BCUT2D eigenvalue weighted by molar-refractivity contribution is -0.122. The number of carbonyl (C=O) groups is 1. The third-order valence-electron chi connectivity index (χ3n) is 4.85. The van der Waals surface area contributed by atoms with Crippen LogP contribution in [-0.2, 0) is 4.79 Å². The van der Waals surface area contributed by atoms with E-state index in [2.05, 4.69) is 29.4 Å². The Labute approximate surface area is 148 Å². The number of nitrogens with one attached hydrogen (secondary N) is 1. The molecular formula is C21H25FN2O. The monoisotopic (exact) mass is 340 g/mol. The smallest absolute Gasteiger partial charge is 0.223 e. The number of para-hydroxylation sites is 1. The van der Waals surface area contributed by atoms with Crippen molar-refractivity contribution < 1.29 is 9.18 Å². The minimum absolute atomic E-state index is 0.0467. The summed E-state index contributed by atoms with van der Waals surface area (Å²) in [6.45, 7) is 1.64. The van der Waals surface area contributed by atoms with Gasteiger partial charge in [-0.15, -0.1) is 0 Å². The number of amides is 1. The normalized spacial score (nSPS) is 18.6. The zero-order chi connectivity index (χ0) is 17.6. The number of anilines is 1. The molecule has 2 unspecified atom stereocenters. The lowest BCUT2D eigenvalue weighted by atomic mass is 10.1. The minimum atomic E-state index is -0.202. The first kappa shape index (κ1) is 17.5. The van der Waals surface area contributed by atoms with Crippen molar-refractivity contribution in [2.75, 3.05) is 25.0 Å². The average molecular weight is 340 g/mol. The molecule has 2 aromatic carbocycles. The van der Waals surface area contributed by atoms with Gasteiger partial charge in [0.05, 0.1) is 0 Å². The van der Waals surface area contributed by atoms with Crippen molar-refractivity contribution in [3.63, 3.8) is 0 Å². The highest BCUT2D eigenvalue weighted by atomic mass is 19.1. The number of halogens is 1. The molecule has 0 aliphatic heterocycles. The summed E-state index contributed by atoms with van der Waals surface area (Å²) >= 11 is 0. The Morgan fingerprint density at radius 2 is 1.84 bits per heavy atom. The summed E-state index contributed by atoms with van der Waals surface area (Å²) in [5.41, 5.74) is 1.88. The first-order valence-electron chi connectivity index (χ1n) is 8.95. The predicted octanol–water partition coefficient (Wildman–Crippen LogP) is 3.96. The summed E-state index contributed by atoms with van der Waals surface area (Å²) in [5.74, 6) is -0.161. The first-order chi connectivity index (χ1) is 12.2. The highest BCUT2D eigenvalue weighted by Crippen LogP contribution is 2.48. The van der Waals surface area contributed by atoms with E-state index >= 15 is 0 Å². The van der Waals surface area contributed by atoms with Gasteiger partial charge in [-0.05, 0) is 48.9 Å². The molecule has 3 nitrogen and oxygen atoms in total. The van der Waals surface area contributed by atoms with Crippen LogP contribution in [0.4, 0.5) is 10.1 Å². The molecule has 0 heterocycles. The van der Waals surface area contributed by atoms with Crippen molar-refractivity contribution >= 4 is 11.6 Å². The molecule has 1 saturated carbocycles. The van der Waals surface area contributed by atoms with Gasteiger partial charge in [0.25, 0.3) is 0 Å². The zero-order valence-electron chi connectivity index (χ0n) is 14.6. The second-order valence-corrected chi connectivity index (χ2v) is 6.73. The van der Waals surface area contributed by atoms with Crippen molar-refractivity contribution in [3.8, 4) is 0 Å². The van der Waals surface area contributed by atoms with Gasteiger partial charge in [-0.3, -0.25) is 4.79 Å². The van der Waals surface area contributed by atoms with E-state index in [-0.39, 0.29) is 23.6 Å². The molecule has 0 aromatic heterocycles. The van der Waals surface area contributed by atoms with Gasteiger partial charge in [-0.2, -0.15) is 0 Å². The summed E-state index contributed by atoms with van der Waals surface area (Å²) in [5, 5.41) is 3.00. The van der Waals surface area contributed by atoms with E-state index in [1.807, 2.05) is 24.3 Å². The Kier molecular flexibility index (Phi) is 5.69. The van der Waals surface area contributed by atoms with Crippen LogP contribution in [0.15, 0.2) is 54.6 Å². The van der Waals surface area contributed by atoms with Gasteiger partial charge in [0, 0.05) is 31.7 Å². The molecule has 1 amide bonds. The van der Waals surface area contributed by atoms with Crippen molar-refractivity contribution in [2.45, 2.75) is 25.2 Å². The largest absolute Gasteiger partial charge is 0.375 e. The Balaban J connectivity index is 1.33. The van der Waals surface area contributed by atoms with Crippen LogP contribution in [0.3, 0.4) is 0 Å². The molecule has 25 heavy (non-hydrogen) atoms. The van der Waals surface area contributed by atoms with Gasteiger partial charge in [0.1, 0.15) is 5.82 Å². The summed E-state index contributed by atoms with van der Waals surface area (Å²) in [6.07, 6.45) is 2.72. The molecule has 132 valence electrons. The number of hydrogen-bond donors (Lipinski definition) is 1. The van der Waals surface area contributed by atoms with E-state index in [0.717, 1.165) is 25.8 Å². The molecule has 2 aromatic rings. The van der Waals surface area contributed by atoms with Crippen LogP contribution in [0, 0.1) is 11.7 Å². The molecule has 2 atom stereocenters. The highest BCUT2D eigenvalue weighted by Gasteiger charge is 2.44. The predicted molar refractivity (Wildman–Crippen MR) is 99.2 cm³/mol. The second-order valence-electron chi connectivity index (χ2n) is 6.73. The van der Waals surface area contributed by atoms with E-state index < -0.39 is 0 Å². The number of nitrogens with zero attached hydrogens (tertiary/aromatic N) is 1. The van der Waals surface area contributed by atoms with Gasteiger partial charge in [0.2, 0.25) is 5.91 Å². The van der Waals surface area contributed by atoms with E-state index in [1.54, 1.807) is 12.1 Å². The van der Waals surface area contributed by atoms with Gasteiger partial charge in [0.15, 0.2) is 0 Å². The van der Waals surface area contributed by atoms with Crippen molar-refractivity contribution in [1.82, 2.24) is 5.32 Å². The maximum atomic E-state index is 13.7. The summed E-state index contributed by atoms with van der Waals surface area (Å²) in [6, 6.07) is 17.0. The Bertz CT molecular complexity index is 704. The second kappa shape index (κ2) is 8.15. The van der Waals surface area contributed by atoms with Crippen LogP contribution in [0.2, 0.25) is 0 Å². The number of benzene rings is 2. The average Bonchev–Trinajstić information content (AvgIpc) is 3.43. The molecule has 3 rings (SSSR count). The molecule has 0 saturated heterocycles.